The van der Waals surface area contributed by atoms with Gasteiger partial charge in [-0.25, -0.2) is 0 Å². The first-order valence-electron chi connectivity index (χ1n) is 7.25. The van der Waals surface area contributed by atoms with Crippen LogP contribution in [-0.2, 0) is 23.9 Å². The second kappa shape index (κ2) is 5.62. The molecule has 0 saturated heterocycles. The molecule has 2 aliphatic carbocycles. The van der Waals surface area contributed by atoms with Crippen LogP contribution in [0, 0.1) is 29.1 Å². The number of ketones is 1. The monoisotopic (exact) mass is 294 g/mol. The van der Waals surface area contributed by atoms with Crippen LogP contribution in [0.1, 0.15) is 26.7 Å². The van der Waals surface area contributed by atoms with Gasteiger partial charge in [-0.3, -0.25) is 14.4 Å². The van der Waals surface area contributed by atoms with Crippen LogP contribution in [0.15, 0.2) is 12.2 Å². The molecule has 1 saturated carbocycles. The number of Topliss-reactive ketones (excluding diaryl/α,β-unsaturated/α-hetero) is 1. The number of esters is 2. The van der Waals surface area contributed by atoms with Gasteiger partial charge in [0.05, 0.1) is 14.2 Å². The van der Waals surface area contributed by atoms with Crippen LogP contribution in [0.3, 0.4) is 0 Å². The van der Waals surface area contributed by atoms with E-state index in [0.29, 0.717) is 5.92 Å². The van der Waals surface area contributed by atoms with Gasteiger partial charge in [-0.05, 0) is 24.2 Å². The molecule has 0 N–H and O–H groups in total. The van der Waals surface area contributed by atoms with Crippen LogP contribution < -0.4 is 0 Å². The zero-order valence-electron chi connectivity index (χ0n) is 12.9. The normalized spacial score (nSPS) is 34.0. The second-order valence-electron chi connectivity index (χ2n) is 6.21. The number of allylic oxidation sites excluding steroid dienone is 2. The maximum atomic E-state index is 12.6. The maximum absolute atomic E-state index is 12.6. The van der Waals surface area contributed by atoms with Gasteiger partial charge in [0.15, 0.2) is 5.41 Å². The number of fused-ring (bicyclic) bond motifs is 1. The lowest BCUT2D eigenvalue weighted by molar-refractivity contribution is -0.176. The molecule has 0 spiro atoms. The first-order valence-corrected chi connectivity index (χ1v) is 7.25. The molecule has 0 aromatic heterocycles. The number of carbonyl (C=O) groups is 3. The van der Waals surface area contributed by atoms with Gasteiger partial charge in [0.2, 0.25) is 0 Å². The fraction of sp³-hybridized carbons (Fsp3) is 0.688. The van der Waals surface area contributed by atoms with Crippen LogP contribution in [0.4, 0.5) is 0 Å². The van der Waals surface area contributed by atoms with Gasteiger partial charge in [-0.2, -0.15) is 0 Å². The van der Waals surface area contributed by atoms with Crippen molar-refractivity contribution in [1.82, 2.24) is 0 Å². The molecular weight excluding hydrogens is 272 g/mol. The number of hydrogen-bond donors (Lipinski definition) is 0. The van der Waals surface area contributed by atoms with E-state index in [4.69, 9.17) is 9.47 Å². The molecule has 5 nitrogen and oxygen atoms in total. The van der Waals surface area contributed by atoms with Crippen molar-refractivity contribution in [3.8, 4) is 0 Å². The Morgan fingerprint density at radius 1 is 1.14 bits per heavy atom. The fourth-order valence-corrected chi connectivity index (χ4v) is 3.73. The van der Waals surface area contributed by atoms with Gasteiger partial charge >= 0.3 is 11.9 Å². The van der Waals surface area contributed by atoms with Crippen LogP contribution in [0.2, 0.25) is 0 Å². The average Bonchev–Trinajstić information content (AvgIpc) is 2.48. The van der Waals surface area contributed by atoms with Crippen molar-refractivity contribution in [2.45, 2.75) is 26.7 Å². The first kappa shape index (κ1) is 15.7. The lowest BCUT2D eigenvalue weighted by atomic mass is 9.58. The van der Waals surface area contributed by atoms with E-state index in [-0.39, 0.29) is 36.4 Å². The van der Waals surface area contributed by atoms with Crippen LogP contribution in [0.5, 0.6) is 0 Å². The number of hydrogen-bond acceptors (Lipinski definition) is 5. The van der Waals surface area contributed by atoms with Crippen molar-refractivity contribution >= 4 is 17.7 Å². The highest BCUT2D eigenvalue weighted by molar-refractivity contribution is 6.05. The first-order chi connectivity index (χ1) is 9.87. The van der Waals surface area contributed by atoms with E-state index in [2.05, 4.69) is 13.0 Å². The molecule has 0 radical (unpaired) electrons. The summed E-state index contributed by atoms with van der Waals surface area (Å²) in [6, 6.07) is 0. The van der Waals surface area contributed by atoms with Gasteiger partial charge < -0.3 is 9.47 Å². The summed E-state index contributed by atoms with van der Waals surface area (Å²) < 4.78 is 9.55. The third-order valence-corrected chi connectivity index (χ3v) is 5.10. The number of carbonyl (C=O) groups excluding carboxylic acids is 3. The second-order valence-corrected chi connectivity index (χ2v) is 6.21. The predicted molar refractivity (Wildman–Crippen MR) is 75.2 cm³/mol. The summed E-state index contributed by atoms with van der Waals surface area (Å²) >= 11 is 0. The van der Waals surface area contributed by atoms with E-state index < -0.39 is 17.4 Å². The van der Waals surface area contributed by atoms with Gasteiger partial charge in [-0.1, -0.05) is 26.0 Å². The topological polar surface area (TPSA) is 69.7 Å². The Morgan fingerprint density at radius 3 is 2.24 bits per heavy atom. The highest BCUT2D eigenvalue weighted by Gasteiger charge is 2.57. The lowest BCUT2D eigenvalue weighted by Crippen LogP contribution is -2.52. The third kappa shape index (κ3) is 2.39. The zero-order valence-corrected chi connectivity index (χ0v) is 12.9. The standard InChI is InChI=1S/C16H22O5/c1-9-5-6-11-7-16(14(18)20-3,15(19)21-4)8-12(17)13(11)10(9)2/h5-6,9-11,13H,7-8H2,1-4H3/t9-,10+,11-,13-/m1/s1. The van der Waals surface area contributed by atoms with E-state index in [1.807, 2.05) is 13.0 Å². The highest BCUT2D eigenvalue weighted by Crippen LogP contribution is 2.48. The predicted octanol–water partition coefficient (Wildman–Crippen LogP) is 1.76. The molecule has 0 unspecified atom stereocenters. The summed E-state index contributed by atoms with van der Waals surface area (Å²) in [5.74, 6) is -1.13. The summed E-state index contributed by atoms with van der Waals surface area (Å²) in [7, 11) is 2.45. The Hall–Kier alpha value is -1.65. The highest BCUT2D eigenvalue weighted by atomic mass is 16.5. The summed E-state index contributed by atoms with van der Waals surface area (Å²) in [6.45, 7) is 4.13. The molecule has 2 rings (SSSR count). The molecule has 0 aliphatic heterocycles. The molecule has 5 heteroatoms. The molecule has 0 bridgehead atoms. The number of ether oxygens (including phenoxy) is 2. The molecule has 2 aliphatic rings. The van der Waals surface area contributed by atoms with E-state index in [1.54, 1.807) is 0 Å². The maximum Gasteiger partial charge on any atom is 0.323 e. The molecule has 21 heavy (non-hydrogen) atoms. The molecular formula is C16H22O5. The Kier molecular flexibility index (Phi) is 4.21. The van der Waals surface area contributed by atoms with Gasteiger partial charge in [0.25, 0.3) is 0 Å². The molecule has 0 aromatic rings. The number of methoxy groups -OCH3 is 2. The Labute approximate surface area is 124 Å². The van der Waals surface area contributed by atoms with Crippen molar-refractivity contribution in [2.75, 3.05) is 14.2 Å². The van der Waals surface area contributed by atoms with Crippen molar-refractivity contribution in [3.05, 3.63) is 12.2 Å². The SMILES string of the molecule is COC(=O)C1(C(=O)OC)CC(=O)[C@@H]2[C@@H](C)[C@H](C)C=C[C@@H]2C1. The third-order valence-electron chi connectivity index (χ3n) is 5.10. The largest absolute Gasteiger partial charge is 0.468 e. The molecule has 0 amide bonds. The fourth-order valence-electron chi connectivity index (χ4n) is 3.73. The minimum Gasteiger partial charge on any atom is -0.468 e. The summed E-state index contributed by atoms with van der Waals surface area (Å²) in [5, 5.41) is 0. The van der Waals surface area contributed by atoms with Gasteiger partial charge in [0, 0.05) is 12.3 Å². The summed E-state index contributed by atoms with van der Waals surface area (Å²) in [4.78, 5) is 36.9. The zero-order chi connectivity index (χ0) is 15.8. The smallest absolute Gasteiger partial charge is 0.323 e. The van der Waals surface area contributed by atoms with Crippen LogP contribution in [-0.4, -0.2) is 31.9 Å². The van der Waals surface area contributed by atoms with Gasteiger partial charge in [-0.15, -0.1) is 0 Å². The van der Waals surface area contributed by atoms with E-state index in [0.717, 1.165) is 0 Å². The van der Waals surface area contributed by atoms with Crippen molar-refractivity contribution < 1.29 is 23.9 Å². The minimum absolute atomic E-state index is 0.0502. The molecule has 0 aromatic carbocycles. The summed E-state index contributed by atoms with van der Waals surface area (Å²) in [5.41, 5.74) is -1.49. The average molecular weight is 294 g/mol. The Morgan fingerprint density at radius 2 is 1.71 bits per heavy atom. The quantitative estimate of drug-likeness (QED) is 0.441. The van der Waals surface area contributed by atoms with Crippen molar-refractivity contribution in [1.29, 1.82) is 0 Å². The van der Waals surface area contributed by atoms with Crippen molar-refractivity contribution in [3.63, 3.8) is 0 Å². The van der Waals surface area contributed by atoms with E-state index >= 15 is 0 Å². The van der Waals surface area contributed by atoms with E-state index in [1.165, 1.54) is 14.2 Å². The molecule has 0 heterocycles. The Bertz CT molecular complexity index is 477. The van der Waals surface area contributed by atoms with Gasteiger partial charge in [0.1, 0.15) is 5.78 Å². The Balaban J connectivity index is 2.41. The molecule has 116 valence electrons. The van der Waals surface area contributed by atoms with E-state index in [9.17, 15) is 14.4 Å². The van der Waals surface area contributed by atoms with Crippen LogP contribution in [0.25, 0.3) is 0 Å². The molecule has 1 fully saturated rings. The number of rotatable bonds is 2. The van der Waals surface area contributed by atoms with Crippen LogP contribution >= 0.6 is 0 Å². The minimum atomic E-state index is -1.49. The summed E-state index contributed by atoms with van der Waals surface area (Å²) in [6.07, 6.45) is 4.17. The molecule has 4 atom stereocenters. The van der Waals surface area contributed by atoms with Crippen molar-refractivity contribution in [2.24, 2.45) is 29.1 Å². The lowest BCUT2D eigenvalue weighted by Gasteiger charge is -2.44.